The van der Waals surface area contributed by atoms with E-state index in [1.54, 1.807) is 11.3 Å². The molecular weight excluding hydrogens is 346 g/mol. The monoisotopic (exact) mass is 367 g/mol. The van der Waals surface area contributed by atoms with Crippen molar-refractivity contribution >= 4 is 29.7 Å². The molecular formula is C17H22ClN3O2S. The van der Waals surface area contributed by atoms with Gasteiger partial charge in [0, 0.05) is 23.7 Å². The molecule has 0 spiro atoms. The van der Waals surface area contributed by atoms with E-state index in [9.17, 15) is 4.79 Å². The number of carbonyl (C=O) groups is 1. The summed E-state index contributed by atoms with van der Waals surface area (Å²) in [5.41, 5.74) is 7.44. The number of carbonyl (C=O) groups excluding carboxylic acids is 1. The number of aryl methyl sites for hydroxylation is 1. The summed E-state index contributed by atoms with van der Waals surface area (Å²) in [4.78, 5) is 18.0. The standard InChI is InChI=1S/C17H21N3O2S.ClH/c1-12-14(23-15(20-12)13-5-3-2-4-6-13)11-19-16(21)17(18)7-9-22-10-8-17;/h2-6H,7-11,18H2,1H3,(H,19,21);1H. The molecule has 5 nitrogen and oxygen atoms in total. The quantitative estimate of drug-likeness (QED) is 0.870. The van der Waals surface area contributed by atoms with E-state index in [0.29, 0.717) is 32.6 Å². The topological polar surface area (TPSA) is 77.2 Å². The molecule has 1 aliphatic rings. The zero-order valence-corrected chi connectivity index (χ0v) is 15.2. The Morgan fingerprint density at radius 2 is 2.00 bits per heavy atom. The van der Waals surface area contributed by atoms with Crippen LogP contribution in [0.2, 0.25) is 0 Å². The van der Waals surface area contributed by atoms with Crippen LogP contribution >= 0.6 is 23.7 Å². The molecule has 0 saturated carbocycles. The van der Waals surface area contributed by atoms with Gasteiger partial charge in [0.05, 0.1) is 17.8 Å². The van der Waals surface area contributed by atoms with Crippen molar-refractivity contribution in [2.75, 3.05) is 13.2 Å². The average molecular weight is 368 g/mol. The van der Waals surface area contributed by atoms with Gasteiger partial charge in [-0.25, -0.2) is 4.98 Å². The van der Waals surface area contributed by atoms with Crippen molar-refractivity contribution in [1.29, 1.82) is 0 Å². The molecule has 1 aliphatic heterocycles. The van der Waals surface area contributed by atoms with Gasteiger partial charge in [-0.3, -0.25) is 4.79 Å². The minimum absolute atomic E-state index is 0. The van der Waals surface area contributed by atoms with Crippen LogP contribution < -0.4 is 11.1 Å². The van der Waals surface area contributed by atoms with E-state index in [-0.39, 0.29) is 18.3 Å². The zero-order chi connectivity index (χ0) is 16.3. The van der Waals surface area contributed by atoms with Crippen LogP contribution in [-0.4, -0.2) is 29.6 Å². The Balaban J connectivity index is 0.00000208. The van der Waals surface area contributed by atoms with Crippen molar-refractivity contribution in [3.05, 3.63) is 40.9 Å². The van der Waals surface area contributed by atoms with Crippen LogP contribution in [0.15, 0.2) is 30.3 Å². The van der Waals surface area contributed by atoms with Crippen LogP contribution in [-0.2, 0) is 16.1 Å². The predicted molar refractivity (Wildman–Crippen MR) is 98.4 cm³/mol. The number of amides is 1. The largest absolute Gasteiger partial charge is 0.381 e. The smallest absolute Gasteiger partial charge is 0.240 e. The molecule has 0 radical (unpaired) electrons. The predicted octanol–water partition coefficient (Wildman–Crippen LogP) is 2.66. The number of benzene rings is 1. The molecule has 0 aliphatic carbocycles. The van der Waals surface area contributed by atoms with Gasteiger partial charge in [-0.05, 0) is 19.8 Å². The van der Waals surface area contributed by atoms with Gasteiger partial charge in [-0.1, -0.05) is 30.3 Å². The van der Waals surface area contributed by atoms with E-state index in [1.807, 2.05) is 37.3 Å². The Morgan fingerprint density at radius 3 is 2.67 bits per heavy atom. The fourth-order valence-corrected chi connectivity index (χ4v) is 3.60. The summed E-state index contributed by atoms with van der Waals surface area (Å²) in [5, 5.41) is 3.94. The molecule has 0 bridgehead atoms. The fraction of sp³-hybridized carbons (Fsp3) is 0.412. The first-order chi connectivity index (χ1) is 11.1. The summed E-state index contributed by atoms with van der Waals surface area (Å²) < 4.78 is 5.28. The van der Waals surface area contributed by atoms with Gasteiger partial charge < -0.3 is 15.8 Å². The average Bonchev–Trinajstić information content (AvgIpc) is 2.95. The van der Waals surface area contributed by atoms with Crippen molar-refractivity contribution in [2.45, 2.75) is 31.8 Å². The van der Waals surface area contributed by atoms with E-state index in [4.69, 9.17) is 10.5 Å². The second kappa shape index (κ2) is 8.07. The first-order valence-corrected chi connectivity index (χ1v) is 8.57. The van der Waals surface area contributed by atoms with Crippen molar-refractivity contribution in [3.63, 3.8) is 0 Å². The number of halogens is 1. The van der Waals surface area contributed by atoms with E-state index in [0.717, 1.165) is 21.1 Å². The number of rotatable bonds is 4. The summed E-state index contributed by atoms with van der Waals surface area (Å²) in [6.45, 7) is 3.52. The molecule has 24 heavy (non-hydrogen) atoms. The Labute approximate surface area is 152 Å². The number of hydrogen-bond acceptors (Lipinski definition) is 5. The van der Waals surface area contributed by atoms with Gasteiger partial charge in [0.15, 0.2) is 0 Å². The molecule has 2 aromatic rings. The lowest BCUT2D eigenvalue weighted by Gasteiger charge is -2.31. The normalized spacial score (nSPS) is 16.2. The van der Waals surface area contributed by atoms with Crippen LogP contribution in [0.5, 0.6) is 0 Å². The molecule has 1 aromatic carbocycles. The molecule has 2 heterocycles. The van der Waals surface area contributed by atoms with Gasteiger partial charge in [-0.2, -0.15) is 0 Å². The van der Waals surface area contributed by atoms with Gasteiger partial charge in [0.2, 0.25) is 5.91 Å². The summed E-state index contributed by atoms with van der Waals surface area (Å²) in [7, 11) is 0. The molecule has 1 aromatic heterocycles. The summed E-state index contributed by atoms with van der Waals surface area (Å²) >= 11 is 1.61. The van der Waals surface area contributed by atoms with E-state index < -0.39 is 5.54 Å². The highest BCUT2D eigenvalue weighted by Gasteiger charge is 2.35. The van der Waals surface area contributed by atoms with Crippen LogP contribution in [0.25, 0.3) is 10.6 Å². The van der Waals surface area contributed by atoms with Crippen LogP contribution in [0.3, 0.4) is 0 Å². The molecule has 0 unspecified atom stereocenters. The van der Waals surface area contributed by atoms with Crippen LogP contribution in [0.1, 0.15) is 23.4 Å². The molecule has 3 rings (SSSR count). The van der Waals surface area contributed by atoms with Crippen molar-refractivity contribution in [2.24, 2.45) is 5.73 Å². The lowest BCUT2D eigenvalue weighted by atomic mass is 9.90. The Hall–Kier alpha value is -1.47. The van der Waals surface area contributed by atoms with Crippen molar-refractivity contribution < 1.29 is 9.53 Å². The maximum atomic E-state index is 12.4. The number of nitrogens with zero attached hydrogens (tertiary/aromatic N) is 1. The second-order valence-corrected chi connectivity index (χ2v) is 6.93. The number of hydrogen-bond donors (Lipinski definition) is 2. The number of aromatic nitrogens is 1. The van der Waals surface area contributed by atoms with Crippen LogP contribution in [0, 0.1) is 6.92 Å². The number of ether oxygens (including phenoxy) is 1. The highest BCUT2D eigenvalue weighted by molar-refractivity contribution is 7.15. The highest BCUT2D eigenvalue weighted by atomic mass is 35.5. The number of nitrogens with two attached hydrogens (primary N) is 1. The van der Waals surface area contributed by atoms with Crippen LogP contribution in [0.4, 0.5) is 0 Å². The second-order valence-electron chi connectivity index (χ2n) is 5.84. The third-order valence-corrected chi connectivity index (χ3v) is 5.37. The molecule has 3 N–H and O–H groups in total. The van der Waals surface area contributed by atoms with Crippen molar-refractivity contribution in [1.82, 2.24) is 10.3 Å². The Kier molecular flexibility index (Phi) is 6.34. The zero-order valence-electron chi connectivity index (χ0n) is 13.6. The first kappa shape index (κ1) is 18.9. The number of thiazole rings is 1. The van der Waals surface area contributed by atoms with Gasteiger partial charge in [0.25, 0.3) is 0 Å². The lowest BCUT2D eigenvalue weighted by Crippen LogP contribution is -2.56. The fourth-order valence-electron chi connectivity index (χ4n) is 2.60. The highest BCUT2D eigenvalue weighted by Crippen LogP contribution is 2.28. The molecule has 7 heteroatoms. The third kappa shape index (κ3) is 4.13. The maximum absolute atomic E-state index is 12.4. The molecule has 1 amide bonds. The molecule has 1 saturated heterocycles. The van der Waals surface area contributed by atoms with E-state index >= 15 is 0 Å². The van der Waals surface area contributed by atoms with Crippen molar-refractivity contribution in [3.8, 4) is 10.6 Å². The first-order valence-electron chi connectivity index (χ1n) is 7.75. The molecule has 1 fully saturated rings. The molecule has 130 valence electrons. The maximum Gasteiger partial charge on any atom is 0.240 e. The summed E-state index contributed by atoms with van der Waals surface area (Å²) in [5.74, 6) is -0.102. The molecule has 0 atom stereocenters. The SMILES string of the molecule is Cc1nc(-c2ccccc2)sc1CNC(=O)C1(N)CCOCC1.Cl. The van der Waals surface area contributed by atoms with E-state index in [1.165, 1.54) is 0 Å². The minimum Gasteiger partial charge on any atom is -0.381 e. The third-order valence-electron chi connectivity index (χ3n) is 4.16. The minimum atomic E-state index is -0.806. The van der Waals surface area contributed by atoms with Gasteiger partial charge in [-0.15, -0.1) is 23.7 Å². The lowest BCUT2D eigenvalue weighted by molar-refractivity contribution is -0.129. The number of nitrogens with one attached hydrogen (secondary N) is 1. The Morgan fingerprint density at radius 1 is 1.33 bits per heavy atom. The Bertz CT molecular complexity index is 684. The van der Waals surface area contributed by atoms with Gasteiger partial charge in [0.1, 0.15) is 5.01 Å². The summed E-state index contributed by atoms with van der Waals surface area (Å²) in [6.07, 6.45) is 1.13. The van der Waals surface area contributed by atoms with E-state index in [2.05, 4.69) is 10.3 Å². The summed E-state index contributed by atoms with van der Waals surface area (Å²) in [6, 6.07) is 10.1. The van der Waals surface area contributed by atoms with Gasteiger partial charge >= 0.3 is 0 Å².